The number of carbonyl (C=O) groups excluding carboxylic acids is 1. The van der Waals surface area contributed by atoms with E-state index in [9.17, 15) is 4.79 Å². The number of ketones is 1. The van der Waals surface area contributed by atoms with Crippen molar-refractivity contribution in [3.05, 3.63) is 42.1 Å². The molecule has 0 saturated carbocycles. The number of Topliss-reactive ketones (excluding diaryl/α,β-unsaturated/α-hetero) is 1. The van der Waals surface area contributed by atoms with Crippen LogP contribution in [-0.4, -0.2) is 24.3 Å². The lowest BCUT2D eigenvalue weighted by Gasteiger charge is -2.18. The molecule has 1 heterocycles. The van der Waals surface area contributed by atoms with E-state index in [0.717, 1.165) is 22.8 Å². The van der Waals surface area contributed by atoms with Gasteiger partial charge in [-0.3, -0.25) is 4.79 Å². The summed E-state index contributed by atoms with van der Waals surface area (Å²) in [6.45, 7) is 0. The van der Waals surface area contributed by atoms with Gasteiger partial charge in [-0.25, -0.2) is 0 Å². The van der Waals surface area contributed by atoms with Gasteiger partial charge in [0, 0.05) is 42.4 Å². The Bertz CT molecular complexity index is 400. The van der Waals surface area contributed by atoms with E-state index in [0.29, 0.717) is 12.2 Å². The van der Waals surface area contributed by atoms with E-state index in [2.05, 4.69) is 0 Å². The molecule has 0 bridgehead atoms. The number of benzene rings is 1. The number of carbonyl (C=O) groups is 1. The van der Waals surface area contributed by atoms with Crippen molar-refractivity contribution in [1.82, 2.24) is 0 Å². The zero-order valence-corrected chi connectivity index (χ0v) is 10.2. The van der Waals surface area contributed by atoms with E-state index in [-0.39, 0.29) is 0 Å². The van der Waals surface area contributed by atoms with Gasteiger partial charge >= 0.3 is 0 Å². The molecule has 0 amide bonds. The van der Waals surface area contributed by atoms with Gasteiger partial charge in [-0.05, 0) is 12.1 Å². The zero-order chi connectivity index (χ0) is 11.4. The molecule has 0 aliphatic carbocycles. The second-order valence-electron chi connectivity index (χ2n) is 3.83. The molecule has 16 heavy (non-hydrogen) atoms. The van der Waals surface area contributed by atoms with Crippen LogP contribution in [0.15, 0.2) is 42.1 Å². The molecule has 1 fully saturated rings. The summed E-state index contributed by atoms with van der Waals surface area (Å²) in [6.07, 6.45) is 2.64. The molecule has 0 N–H and O–H groups in total. The summed E-state index contributed by atoms with van der Waals surface area (Å²) in [6, 6.07) is 10.1. The number of hydrogen-bond donors (Lipinski definition) is 0. The third-order valence-corrected chi connectivity index (χ3v) is 3.61. The molecular formula is C13H15NOS. The zero-order valence-electron chi connectivity index (χ0n) is 9.35. The lowest BCUT2D eigenvalue weighted by atomic mass is 10.1. The normalized spacial score (nSPS) is 18.8. The maximum absolute atomic E-state index is 11.7. The van der Waals surface area contributed by atoms with E-state index in [1.165, 1.54) is 0 Å². The van der Waals surface area contributed by atoms with Crippen LogP contribution in [0.5, 0.6) is 0 Å². The minimum atomic E-state index is 0.293. The van der Waals surface area contributed by atoms with Crippen LogP contribution in [0.4, 0.5) is 5.69 Å². The second-order valence-corrected chi connectivity index (χ2v) is 4.93. The first-order chi connectivity index (χ1) is 7.77. The van der Waals surface area contributed by atoms with Crippen molar-refractivity contribution >= 4 is 23.2 Å². The fourth-order valence-corrected chi connectivity index (χ4v) is 2.60. The van der Waals surface area contributed by atoms with E-state index < -0.39 is 0 Å². The van der Waals surface area contributed by atoms with Crippen molar-refractivity contribution < 1.29 is 4.79 Å². The maximum Gasteiger partial charge on any atom is 0.161 e. The fraction of sp³-hybridized carbons (Fsp3) is 0.308. The first kappa shape index (κ1) is 11.3. The van der Waals surface area contributed by atoms with Gasteiger partial charge in [0.15, 0.2) is 5.78 Å². The average molecular weight is 233 g/mol. The molecule has 1 aliphatic rings. The summed E-state index contributed by atoms with van der Waals surface area (Å²) in [7, 11) is 1.98. The van der Waals surface area contributed by atoms with Crippen LogP contribution in [0.25, 0.3) is 0 Å². The maximum atomic E-state index is 11.7. The average Bonchev–Trinajstić information content (AvgIpc) is 2.33. The van der Waals surface area contributed by atoms with E-state index >= 15 is 0 Å². The molecule has 1 aromatic carbocycles. The summed E-state index contributed by atoms with van der Waals surface area (Å²) >= 11 is 1.83. The molecule has 0 aromatic heterocycles. The SMILES string of the molecule is CN(C=C1CSCCC1=O)c1ccccc1. The van der Waals surface area contributed by atoms with Crippen LogP contribution in [0, 0.1) is 0 Å². The number of para-hydroxylation sites is 1. The van der Waals surface area contributed by atoms with Crippen molar-refractivity contribution in [2.75, 3.05) is 23.5 Å². The molecule has 1 aliphatic heterocycles. The minimum Gasteiger partial charge on any atom is -0.351 e. The van der Waals surface area contributed by atoms with Crippen LogP contribution < -0.4 is 4.90 Å². The highest BCUT2D eigenvalue weighted by Crippen LogP contribution is 2.21. The highest BCUT2D eigenvalue weighted by atomic mass is 32.2. The van der Waals surface area contributed by atoms with Crippen LogP contribution >= 0.6 is 11.8 Å². The summed E-state index contributed by atoms with van der Waals surface area (Å²) < 4.78 is 0. The number of thioether (sulfide) groups is 1. The van der Waals surface area contributed by atoms with E-state index in [1.54, 1.807) is 0 Å². The van der Waals surface area contributed by atoms with Crippen LogP contribution in [0.3, 0.4) is 0 Å². The molecular weight excluding hydrogens is 218 g/mol. The monoisotopic (exact) mass is 233 g/mol. The number of hydrogen-bond acceptors (Lipinski definition) is 3. The van der Waals surface area contributed by atoms with Gasteiger partial charge in [0.1, 0.15) is 0 Å². The molecule has 1 saturated heterocycles. The summed E-state index contributed by atoms with van der Waals surface area (Å²) in [5.41, 5.74) is 2.04. The molecule has 84 valence electrons. The van der Waals surface area contributed by atoms with Gasteiger partial charge in [-0.1, -0.05) is 18.2 Å². The third-order valence-electron chi connectivity index (χ3n) is 2.60. The summed E-state index contributed by atoms with van der Waals surface area (Å²) in [5, 5.41) is 0. The lowest BCUT2D eigenvalue weighted by molar-refractivity contribution is -0.115. The van der Waals surface area contributed by atoms with Gasteiger partial charge in [0.05, 0.1) is 0 Å². The van der Waals surface area contributed by atoms with Crippen LogP contribution in [-0.2, 0) is 4.79 Å². The van der Waals surface area contributed by atoms with Gasteiger partial charge in [-0.15, -0.1) is 0 Å². The highest BCUT2D eigenvalue weighted by Gasteiger charge is 2.15. The predicted octanol–water partition coefficient (Wildman–Crippen LogP) is 2.71. The van der Waals surface area contributed by atoms with Gasteiger partial charge < -0.3 is 4.90 Å². The van der Waals surface area contributed by atoms with Crippen LogP contribution in [0.1, 0.15) is 6.42 Å². The van der Waals surface area contributed by atoms with Gasteiger partial charge in [-0.2, -0.15) is 11.8 Å². The Morgan fingerprint density at radius 2 is 2.06 bits per heavy atom. The van der Waals surface area contributed by atoms with Crippen molar-refractivity contribution in [2.45, 2.75) is 6.42 Å². The molecule has 1 aromatic rings. The number of rotatable bonds is 2. The quantitative estimate of drug-likeness (QED) is 0.733. The van der Waals surface area contributed by atoms with Gasteiger partial charge in [0.25, 0.3) is 0 Å². The Labute approximate surface area is 100 Å². The highest BCUT2D eigenvalue weighted by molar-refractivity contribution is 7.99. The van der Waals surface area contributed by atoms with Crippen LogP contribution in [0.2, 0.25) is 0 Å². The molecule has 3 heteroatoms. The summed E-state index contributed by atoms with van der Waals surface area (Å²) in [5.74, 6) is 2.10. The first-order valence-corrected chi connectivity index (χ1v) is 6.52. The van der Waals surface area contributed by atoms with E-state index in [4.69, 9.17) is 0 Å². The molecule has 0 unspecified atom stereocenters. The number of nitrogens with zero attached hydrogens (tertiary/aromatic N) is 1. The van der Waals surface area contributed by atoms with Crippen molar-refractivity contribution in [1.29, 1.82) is 0 Å². The fourth-order valence-electron chi connectivity index (χ4n) is 1.67. The molecule has 2 rings (SSSR count). The standard InChI is InChI=1S/C13H15NOS/c1-14(12-5-3-2-4-6-12)9-11-10-16-8-7-13(11)15/h2-6,9H,7-8,10H2,1H3. The summed E-state index contributed by atoms with van der Waals surface area (Å²) in [4.78, 5) is 13.7. The Balaban J connectivity index is 2.14. The predicted molar refractivity (Wildman–Crippen MR) is 69.9 cm³/mol. The molecule has 0 radical (unpaired) electrons. The third kappa shape index (κ3) is 2.67. The first-order valence-electron chi connectivity index (χ1n) is 5.37. The van der Waals surface area contributed by atoms with Crippen molar-refractivity contribution in [3.63, 3.8) is 0 Å². The molecule has 2 nitrogen and oxygen atoms in total. The lowest BCUT2D eigenvalue weighted by Crippen LogP contribution is -2.17. The topological polar surface area (TPSA) is 20.3 Å². The van der Waals surface area contributed by atoms with Gasteiger partial charge in [0.2, 0.25) is 0 Å². The second kappa shape index (κ2) is 5.21. The number of anilines is 1. The van der Waals surface area contributed by atoms with Crippen molar-refractivity contribution in [3.8, 4) is 0 Å². The Hall–Kier alpha value is -1.22. The minimum absolute atomic E-state index is 0.293. The Kier molecular flexibility index (Phi) is 3.67. The largest absolute Gasteiger partial charge is 0.351 e. The Morgan fingerprint density at radius 3 is 2.75 bits per heavy atom. The van der Waals surface area contributed by atoms with E-state index in [1.807, 2.05) is 60.2 Å². The van der Waals surface area contributed by atoms with Crippen molar-refractivity contribution in [2.24, 2.45) is 0 Å². The smallest absolute Gasteiger partial charge is 0.161 e. The molecule has 0 atom stereocenters. The Morgan fingerprint density at radius 1 is 1.31 bits per heavy atom. The molecule has 0 spiro atoms.